The molecule has 0 unspecified atom stereocenters. The van der Waals surface area contributed by atoms with Crippen LogP contribution in [0.25, 0.3) is 0 Å². The fraction of sp³-hybridized carbons (Fsp3) is 0.833. The Morgan fingerprint density at radius 1 is 1.25 bits per heavy atom. The summed E-state index contributed by atoms with van der Waals surface area (Å²) in [5.74, 6) is -0.0420. The van der Waals surface area contributed by atoms with Crippen molar-refractivity contribution in [1.29, 1.82) is 0 Å². The van der Waals surface area contributed by atoms with Gasteiger partial charge >= 0.3 is 58.4 Å². The van der Waals surface area contributed by atoms with Gasteiger partial charge in [0.1, 0.15) is 5.78 Å². The van der Waals surface area contributed by atoms with E-state index in [-0.39, 0.29) is 70.0 Å². The summed E-state index contributed by atoms with van der Waals surface area (Å²) in [6.45, 7) is -3.26. The van der Waals surface area contributed by atoms with Crippen LogP contribution in [-0.2, 0) is 4.79 Å². The first-order valence-electron chi connectivity index (χ1n) is 3.62. The van der Waals surface area contributed by atoms with Crippen molar-refractivity contribution in [2.75, 3.05) is 0 Å². The number of carbonyl (C=O) groups is 1. The molecular formula is C6H11BF3KO. The average Bonchev–Trinajstić information content (AvgIpc) is 1.78. The van der Waals surface area contributed by atoms with E-state index in [1.54, 1.807) is 0 Å². The van der Waals surface area contributed by atoms with Crippen LogP contribution in [-0.4, -0.2) is 12.8 Å². The smallest absolute Gasteiger partial charge is 0.449 e. The van der Waals surface area contributed by atoms with Gasteiger partial charge in [0.05, 0.1) is 0 Å². The largest absolute Gasteiger partial charge is 1.00 e. The summed E-state index contributed by atoms with van der Waals surface area (Å²) < 4.78 is 34.7. The van der Waals surface area contributed by atoms with E-state index < -0.39 is 13.3 Å². The summed E-state index contributed by atoms with van der Waals surface area (Å²) in [6, 6.07) is 0. The summed E-state index contributed by atoms with van der Waals surface area (Å²) in [6.07, 6.45) is -0.000880. The standard InChI is InChI=1S/C6H11BF3O.K/c1-6(11)4-2-3-5-7(8,9)10;/h2-5H2,1H3;/q-1;+1. The minimum atomic E-state index is -4.64. The molecule has 12 heavy (non-hydrogen) atoms. The Kier molecular flexibility index (Phi) is 9.84. The van der Waals surface area contributed by atoms with E-state index in [9.17, 15) is 17.7 Å². The zero-order chi connectivity index (χ0) is 8.91. The SMILES string of the molecule is CC(=O)CCCC[B-](F)(F)F.[K+]. The van der Waals surface area contributed by atoms with Gasteiger partial charge in [0.2, 0.25) is 0 Å². The van der Waals surface area contributed by atoms with E-state index in [4.69, 9.17) is 0 Å². The number of halogens is 3. The summed E-state index contributed by atoms with van der Waals surface area (Å²) in [4.78, 5) is 10.3. The summed E-state index contributed by atoms with van der Waals surface area (Å²) in [5, 5.41) is 0. The molecule has 66 valence electrons. The van der Waals surface area contributed by atoms with Crippen LogP contribution in [0.15, 0.2) is 0 Å². The average molecular weight is 206 g/mol. The zero-order valence-corrected chi connectivity index (χ0v) is 10.6. The van der Waals surface area contributed by atoms with Crippen LogP contribution in [0.4, 0.5) is 12.9 Å². The van der Waals surface area contributed by atoms with Crippen molar-refractivity contribution in [3.8, 4) is 0 Å². The van der Waals surface area contributed by atoms with E-state index >= 15 is 0 Å². The van der Waals surface area contributed by atoms with Gasteiger partial charge in [0.15, 0.2) is 0 Å². The zero-order valence-electron chi connectivity index (χ0n) is 7.45. The van der Waals surface area contributed by atoms with Crippen LogP contribution < -0.4 is 51.4 Å². The van der Waals surface area contributed by atoms with E-state index in [0.717, 1.165) is 0 Å². The predicted molar refractivity (Wildman–Crippen MR) is 38.4 cm³/mol. The van der Waals surface area contributed by atoms with Crippen LogP contribution in [0, 0.1) is 0 Å². The molecule has 6 heteroatoms. The van der Waals surface area contributed by atoms with Crippen LogP contribution in [0.5, 0.6) is 0 Å². The predicted octanol–water partition coefficient (Wildman–Crippen LogP) is -0.403. The Morgan fingerprint density at radius 3 is 2.08 bits per heavy atom. The molecule has 0 saturated heterocycles. The molecule has 0 saturated carbocycles. The van der Waals surface area contributed by atoms with Gasteiger partial charge in [-0.05, 0) is 13.3 Å². The Morgan fingerprint density at radius 2 is 1.75 bits per heavy atom. The van der Waals surface area contributed by atoms with E-state index in [2.05, 4.69) is 0 Å². The van der Waals surface area contributed by atoms with Gasteiger partial charge in [-0.2, -0.15) is 0 Å². The van der Waals surface area contributed by atoms with Crippen molar-refractivity contribution in [3.05, 3.63) is 0 Å². The van der Waals surface area contributed by atoms with Gasteiger partial charge in [-0.15, -0.1) is 0 Å². The van der Waals surface area contributed by atoms with Crippen molar-refractivity contribution < 1.29 is 69.1 Å². The molecule has 0 rings (SSSR count). The van der Waals surface area contributed by atoms with Crippen LogP contribution >= 0.6 is 0 Å². The minimum absolute atomic E-state index is 0. The monoisotopic (exact) mass is 206 g/mol. The third-order valence-electron chi connectivity index (χ3n) is 1.31. The van der Waals surface area contributed by atoms with E-state index in [0.29, 0.717) is 6.42 Å². The molecule has 0 N–H and O–H groups in total. The topological polar surface area (TPSA) is 17.1 Å². The quantitative estimate of drug-likeness (QED) is 0.441. The maximum absolute atomic E-state index is 11.6. The first-order valence-corrected chi connectivity index (χ1v) is 3.62. The second-order valence-corrected chi connectivity index (χ2v) is 2.66. The van der Waals surface area contributed by atoms with Crippen LogP contribution in [0.1, 0.15) is 26.2 Å². The van der Waals surface area contributed by atoms with Gasteiger partial charge in [-0.25, -0.2) is 0 Å². The second-order valence-electron chi connectivity index (χ2n) is 2.66. The number of Topliss-reactive ketones (excluding diaryl/α,β-unsaturated/α-hetero) is 1. The molecule has 0 aliphatic rings. The summed E-state index contributed by atoms with van der Waals surface area (Å²) in [5.41, 5.74) is 0. The third-order valence-corrected chi connectivity index (χ3v) is 1.31. The van der Waals surface area contributed by atoms with Gasteiger partial charge in [-0.3, -0.25) is 0 Å². The van der Waals surface area contributed by atoms with Gasteiger partial charge < -0.3 is 17.7 Å². The first kappa shape index (κ1) is 15.6. The summed E-state index contributed by atoms with van der Waals surface area (Å²) in [7, 11) is 0. The Balaban J connectivity index is 0. The number of rotatable bonds is 5. The number of hydrogen-bond donors (Lipinski definition) is 0. The Hall–Kier alpha value is 1.16. The normalized spacial score (nSPS) is 10.7. The molecule has 0 aromatic heterocycles. The first-order chi connectivity index (χ1) is 4.92. The van der Waals surface area contributed by atoms with E-state index in [1.165, 1.54) is 6.92 Å². The van der Waals surface area contributed by atoms with Gasteiger partial charge in [0, 0.05) is 6.42 Å². The number of unbranched alkanes of at least 4 members (excludes halogenated alkanes) is 1. The fourth-order valence-electron chi connectivity index (χ4n) is 0.750. The van der Waals surface area contributed by atoms with Gasteiger partial charge in [-0.1, -0.05) is 12.7 Å². The minimum Gasteiger partial charge on any atom is -0.449 e. The molecule has 0 atom stereocenters. The van der Waals surface area contributed by atoms with Crippen molar-refractivity contribution >= 4 is 12.8 Å². The van der Waals surface area contributed by atoms with Crippen molar-refractivity contribution in [1.82, 2.24) is 0 Å². The van der Waals surface area contributed by atoms with E-state index in [1.807, 2.05) is 0 Å². The van der Waals surface area contributed by atoms with Gasteiger partial charge in [0.25, 0.3) is 0 Å². The molecule has 1 nitrogen and oxygen atoms in total. The number of ketones is 1. The molecule has 0 aliphatic carbocycles. The summed E-state index contributed by atoms with van der Waals surface area (Å²) >= 11 is 0. The Labute approximate surface area is 113 Å². The molecule has 0 spiro atoms. The third kappa shape index (κ3) is 13.7. The Bertz CT molecular complexity index is 137. The molecular weight excluding hydrogens is 195 g/mol. The molecule has 0 amide bonds. The fourth-order valence-corrected chi connectivity index (χ4v) is 0.750. The maximum atomic E-state index is 11.6. The molecule has 0 radical (unpaired) electrons. The molecule has 0 aromatic rings. The van der Waals surface area contributed by atoms with Crippen molar-refractivity contribution in [2.24, 2.45) is 0 Å². The number of carbonyl (C=O) groups excluding carboxylic acids is 1. The maximum Gasteiger partial charge on any atom is 1.00 e. The molecule has 0 heterocycles. The van der Waals surface area contributed by atoms with Crippen LogP contribution in [0.2, 0.25) is 6.32 Å². The number of hydrogen-bond acceptors (Lipinski definition) is 1. The molecule has 0 fully saturated rings. The molecule has 0 aliphatic heterocycles. The second kappa shape index (κ2) is 7.55. The van der Waals surface area contributed by atoms with Crippen molar-refractivity contribution in [3.63, 3.8) is 0 Å². The van der Waals surface area contributed by atoms with Crippen molar-refractivity contribution in [2.45, 2.75) is 32.5 Å². The molecule has 0 bridgehead atoms. The molecule has 0 aromatic carbocycles. The van der Waals surface area contributed by atoms with Crippen LogP contribution in [0.3, 0.4) is 0 Å².